The Kier molecular flexibility index (Phi) is 4.88. The number of carbonyl (C=O) groups is 2. The maximum atomic E-state index is 12.5. The van der Waals surface area contributed by atoms with Crippen molar-refractivity contribution in [2.24, 2.45) is 4.40 Å². The van der Waals surface area contributed by atoms with Crippen molar-refractivity contribution in [2.75, 3.05) is 18.8 Å². The molecule has 1 aromatic carbocycles. The number of fused-ring (bicyclic) bond motifs is 1. The highest BCUT2D eigenvalue weighted by molar-refractivity contribution is 7.90. The summed E-state index contributed by atoms with van der Waals surface area (Å²) in [6.07, 6.45) is 4.44. The smallest absolute Gasteiger partial charge is 0.315 e. The van der Waals surface area contributed by atoms with Crippen LogP contribution in [-0.2, 0) is 25.0 Å². The van der Waals surface area contributed by atoms with Crippen LogP contribution in [0.15, 0.2) is 58.7 Å². The number of sulfonamides is 1. The number of hydrogen-bond donors (Lipinski definition) is 2. The minimum atomic E-state index is -3.46. The van der Waals surface area contributed by atoms with Crippen LogP contribution >= 0.6 is 0 Å². The quantitative estimate of drug-likeness (QED) is 0.764. The van der Waals surface area contributed by atoms with Crippen molar-refractivity contribution < 1.29 is 23.1 Å². The van der Waals surface area contributed by atoms with Crippen LogP contribution in [0.2, 0.25) is 0 Å². The molecule has 0 saturated carbocycles. The van der Waals surface area contributed by atoms with Crippen LogP contribution in [-0.4, -0.2) is 55.0 Å². The van der Waals surface area contributed by atoms with Crippen molar-refractivity contribution >= 4 is 27.7 Å². The Bertz CT molecular complexity index is 966. The van der Waals surface area contributed by atoms with Gasteiger partial charge in [-0.1, -0.05) is 30.3 Å². The van der Waals surface area contributed by atoms with Crippen molar-refractivity contribution in [3.63, 3.8) is 0 Å². The minimum Gasteiger partial charge on any atom is -0.481 e. The molecule has 0 radical (unpaired) electrons. The van der Waals surface area contributed by atoms with Crippen molar-refractivity contribution in [3.8, 4) is 0 Å². The second-order valence-electron chi connectivity index (χ2n) is 6.53. The predicted molar refractivity (Wildman–Crippen MR) is 99.6 cm³/mol. The number of nitrogens with one attached hydrogen (secondary N) is 1. The summed E-state index contributed by atoms with van der Waals surface area (Å²) in [5.74, 6) is -1.35. The molecule has 0 bridgehead atoms. The third kappa shape index (κ3) is 3.92. The number of carbonyl (C=O) groups excluding carboxylic acids is 1. The van der Waals surface area contributed by atoms with Crippen molar-refractivity contribution in [2.45, 2.75) is 12.3 Å². The molecule has 27 heavy (non-hydrogen) atoms. The number of carboxylic acid groups (broad SMARTS) is 1. The van der Waals surface area contributed by atoms with Gasteiger partial charge < -0.3 is 15.3 Å². The third-order valence-corrected chi connectivity index (χ3v) is 5.74. The van der Waals surface area contributed by atoms with Crippen LogP contribution in [0.25, 0.3) is 0 Å². The number of aliphatic carboxylic acids is 1. The maximum absolute atomic E-state index is 12.5. The molecule has 142 valence electrons. The van der Waals surface area contributed by atoms with Gasteiger partial charge in [-0.25, -0.2) is 8.42 Å². The van der Waals surface area contributed by atoms with E-state index >= 15 is 0 Å². The average Bonchev–Trinajstić information content (AvgIpc) is 2.65. The molecule has 0 saturated heterocycles. The van der Waals surface area contributed by atoms with Crippen molar-refractivity contribution in [1.82, 2.24) is 10.2 Å². The first-order valence-electron chi connectivity index (χ1n) is 8.28. The zero-order chi connectivity index (χ0) is 19.7. The van der Waals surface area contributed by atoms with Gasteiger partial charge in [-0.05, 0) is 24.6 Å². The van der Waals surface area contributed by atoms with Crippen LogP contribution in [0.3, 0.4) is 0 Å². The summed E-state index contributed by atoms with van der Waals surface area (Å²) in [6, 6.07) is 8.69. The van der Waals surface area contributed by atoms with E-state index in [1.165, 1.54) is 18.4 Å². The van der Waals surface area contributed by atoms with E-state index < -0.39 is 27.3 Å². The number of rotatable bonds is 5. The zero-order valence-corrected chi connectivity index (χ0v) is 15.4. The fourth-order valence-corrected chi connectivity index (χ4v) is 3.77. The van der Waals surface area contributed by atoms with Gasteiger partial charge in [0.15, 0.2) is 0 Å². The monoisotopic (exact) mass is 389 g/mol. The minimum absolute atomic E-state index is 0.0916. The van der Waals surface area contributed by atoms with Crippen LogP contribution in [0.4, 0.5) is 0 Å². The molecule has 2 heterocycles. The van der Waals surface area contributed by atoms with Crippen LogP contribution < -0.4 is 5.32 Å². The number of amidine groups is 1. The van der Waals surface area contributed by atoms with Crippen LogP contribution in [0.1, 0.15) is 12.5 Å². The Morgan fingerprint density at radius 1 is 1.26 bits per heavy atom. The summed E-state index contributed by atoms with van der Waals surface area (Å²) in [5, 5.41) is 12.3. The highest BCUT2D eigenvalue weighted by Crippen LogP contribution is 2.24. The van der Waals surface area contributed by atoms with Gasteiger partial charge in [0.1, 0.15) is 11.3 Å². The lowest BCUT2D eigenvalue weighted by Gasteiger charge is -2.28. The summed E-state index contributed by atoms with van der Waals surface area (Å²) < 4.78 is 26.7. The number of hydrogen-bond acceptors (Lipinski definition) is 5. The number of carboxylic acids is 1. The Morgan fingerprint density at radius 3 is 2.63 bits per heavy atom. The fourth-order valence-electron chi connectivity index (χ4n) is 2.80. The molecule has 0 fully saturated rings. The van der Waals surface area contributed by atoms with Gasteiger partial charge in [0.05, 0.1) is 11.3 Å². The molecule has 2 N–H and O–H groups in total. The molecule has 0 spiro atoms. The van der Waals surface area contributed by atoms with E-state index in [4.69, 9.17) is 0 Å². The summed E-state index contributed by atoms with van der Waals surface area (Å²) in [7, 11) is -3.46. The van der Waals surface area contributed by atoms with E-state index in [0.717, 1.165) is 0 Å². The van der Waals surface area contributed by atoms with Gasteiger partial charge in [0.25, 0.3) is 15.9 Å². The summed E-state index contributed by atoms with van der Waals surface area (Å²) in [4.78, 5) is 25.9. The van der Waals surface area contributed by atoms with Gasteiger partial charge in [-0.2, -0.15) is 0 Å². The SMILES string of the molecule is CC(CNC(=O)C1=CN2CCS(=O)(=O)N=C2C=C1)(C(=O)O)c1ccccc1. The van der Waals surface area contributed by atoms with E-state index in [-0.39, 0.29) is 24.7 Å². The highest BCUT2D eigenvalue weighted by atomic mass is 32.2. The zero-order valence-electron chi connectivity index (χ0n) is 14.6. The number of nitrogens with zero attached hydrogens (tertiary/aromatic N) is 2. The Hall–Kier alpha value is -2.94. The summed E-state index contributed by atoms with van der Waals surface area (Å²) in [5.41, 5.74) is -0.391. The molecule has 2 aliphatic rings. The normalized spacial score (nSPS) is 20.0. The largest absolute Gasteiger partial charge is 0.481 e. The first kappa shape index (κ1) is 18.8. The molecule has 8 nitrogen and oxygen atoms in total. The standard InChI is InChI=1S/C18H19N3O5S/c1-18(17(23)24,14-5-3-2-4-6-14)12-19-16(22)13-7-8-15-20-27(25,26)10-9-21(15)11-13/h2-8,11H,9-10,12H2,1H3,(H,19,22)(H,23,24). The van der Waals surface area contributed by atoms with Crippen LogP contribution in [0.5, 0.6) is 0 Å². The Balaban J connectivity index is 1.74. The van der Waals surface area contributed by atoms with Crippen molar-refractivity contribution in [1.29, 1.82) is 0 Å². The third-order valence-electron chi connectivity index (χ3n) is 4.57. The Labute approximate surface area is 157 Å². The second kappa shape index (κ2) is 6.99. The van der Waals surface area contributed by atoms with Gasteiger partial charge >= 0.3 is 5.97 Å². The molecule has 1 aromatic rings. The fraction of sp³-hybridized carbons (Fsp3) is 0.278. The molecular formula is C18H19N3O5S. The topological polar surface area (TPSA) is 116 Å². The lowest BCUT2D eigenvalue weighted by Crippen LogP contribution is -2.45. The maximum Gasteiger partial charge on any atom is 0.315 e. The van der Waals surface area contributed by atoms with Gasteiger partial charge in [-0.3, -0.25) is 9.59 Å². The first-order chi connectivity index (χ1) is 12.7. The molecule has 1 unspecified atom stereocenters. The Morgan fingerprint density at radius 2 is 1.96 bits per heavy atom. The lowest BCUT2D eigenvalue weighted by molar-refractivity contribution is -0.143. The second-order valence-corrected chi connectivity index (χ2v) is 8.29. The molecule has 0 aliphatic carbocycles. The van der Waals surface area contributed by atoms with Crippen LogP contribution in [0, 0.1) is 0 Å². The van der Waals surface area contributed by atoms with Gasteiger partial charge in [0.2, 0.25) is 0 Å². The summed E-state index contributed by atoms with van der Waals surface area (Å²) >= 11 is 0. The van der Waals surface area contributed by atoms with E-state index in [2.05, 4.69) is 9.71 Å². The van der Waals surface area contributed by atoms with E-state index in [1.54, 1.807) is 42.2 Å². The summed E-state index contributed by atoms with van der Waals surface area (Å²) in [6.45, 7) is 1.67. The predicted octanol–water partition coefficient (Wildman–Crippen LogP) is 0.643. The number of benzene rings is 1. The molecule has 3 rings (SSSR count). The lowest BCUT2D eigenvalue weighted by atomic mass is 9.82. The van der Waals surface area contributed by atoms with E-state index in [1.807, 2.05) is 0 Å². The first-order valence-corrected chi connectivity index (χ1v) is 9.88. The van der Waals surface area contributed by atoms with Gasteiger partial charge in [-0.15, -0.1) is 4.40 Å². The molecule has 9 heteroatoms. The van der Waals surface area contributed by atoms with E-state index in [9.17, 15) is 23.1 Å². The molecule has 2 aliphatic heterocycles. The molecular weight excluding hydrogens is 370 g/mol. The highest BCUT2D eigenvalue weighted by Gasteiger charge is 2.36. The molecule has 1 atom stereocenters. The average molecular weight is 389 g/mol. The van der Waals surface area contributed by atoms with Gasteiger partial charge in [0, 0.05) is 19.3 Å². The van der Waals surface area contributed by atoms with E-state index in [0.29, 0.717) is 11.1 Å². The number of amides is 1. The molecule has 0 aromatic heterocycles. The van der Waals surface area contributed by atoms with Crippen molar-refractivity contribution in [3.05, 3.63) is 59.8 Å². The molecule has 1 amide bonds.